The van der Waals surface area contributed by atoms with E-state index in [-0.39, 0.29) is 6.42 Å². The van der Waals surface area contributed by atoms with E-state index in [0.29, 0.717) is 6.42 Å². The van der Waals surface area contributed by atoms with Crippen molar-refractivity contribution in [2.24, 2.45) is 0 Å². The summed E-state index contributed by atoms with van der Waals surface area (Å²) in [6, 6.07) is 0. The Balaban J connectivity index is 1.73. The molecular weight excluding hydrogens is 552 g/mol. The molecule has 0 aromatic heterocycles. The molecule has 0 bridgehead atoms. The third-order valence-electron chi connectivity index (χ3n) is 8.30. The summed E-state index contributed by atoms with van der Waals surface area (Å²) in [5.41, 5.74) is 0. The molecule has 2 aliphatic heterocycles. The van der Waals surface area contributed by atoms with E-state index in [1.807, 2.05) is 0 Å². The maximum absolute atomic E-state index is 12.6. The Hall–Kier alpha value is -0.930. The minimum atomic E-state index is -2.28. The fourth-order valence-corrected chi connectivity index (χ4v) is 5.59. The molecule has 2 fully saturated rings. The quantitative estimate of drug-likeness (QED) is 0.0691. The number of aliphatic hydroxyl groups is 7. The third-order valence-corrected chi connectivity index (χ3v) is 8.30. The van der Waals surface area contributed by atoms with E-state index >= 15 is 0 Å². The van der Waals surface area contributed by atoms with Gasteiger partial charge in [0.25, 0.3) is 0 Å². The van der Waals surface area contributed by atoms with Gasteiger partial charge in [-0.25, -0.2) is 0 Å². The summed E-state index contributed by atoms with van der Waals surface area (Å²) < 4.78 is 21.9. The molecule has 0 saturated carbocycles. The number of carbonyl (C=O) groups is 1. The molecular formula is C30H56O12. The van der Waals surface area contributed by atoms with Crippen LogP contribution in [0.25, 0.3) is 0 Å². The first-order chi connectivity index (χ1) is 20.2. The van der Waals surface area contributed by atoms with Crippen LogP contribution >= 0.6 is 0 Å². The van der Waals surface area contributed by atoms with Gasteiger partial charge in [0.15, 0.2) is 6.10 Å². The number of esters is 1. The molecule has 7 N–H and O–H groups in total. The van der Waals surface area contributed by atoms with E-state index in [9.17, 15) is 40.5 Å². The van der Waals surface area contributed by atoms with Crippen molar-refractivity contribution in [3.05, 3.63) is 0 Å². The molecule has 9 atom stereocenters. The predicted octanol–water partition coefficient (Wildman–Crippen LogP) is 1.42. The second-order valence-corrected chi connectivity index (χ2v) is 11.7. The molecule has 0 aromatic carbocycles. The van der Waals surface area contributed by atoms with Crippen LogP contribution in [0, 0.1) is 0 Å². The second kappa shape index (κ2) is 20.2. The Bertz CT molecular complexity index is 726. The van der Waals surface area contributed by atoms with E-state index in [1.165, 1.54) is 70.6 Å². The molecule has 0 spiro atoms. The maximum atomic E-state index is 12.6. The van der Waals surface area contributed by atoms with Gasteiger partial charge in [0.2, 0.25) is 12.1 Å². The number of ether oxygens (including phenoxy) is 4. The number of rotatable bonds is 22. The molecule has 2 aliphatic rings. The van der Waals surface area contributed by atoms with Crippen LogP contribution in [0.3, 0.4) is 0 Å². The van der Waals surface area contributed by atoms with Gasteiger partial charge in [-0.2, -0.15) is 0 Å². The molecule has 0 unspecified atom stereocenters. The normalized spacial score (nSPS) is 33.2. The molecule has 0 aliphatic carbocycles. The van der Waals surface area contributed by atoms with Gasteiger partial charge in [0.05, 0.1) is 13.2 Å². The lowest BCUT2D eigenvalue weighted by Gasteiger charge is -2.44. The number of hydrogen-bond donors (Lipinski definition) is 7. The van der Waals surface area contributed by atoms with Gasteiger partial charge in [-0.3, -0.25) is 4.79 Å². The van der Waals surface area contributed by atoms with Gasteiger partial charge in [0, 0.05) is 6.42 Å². The zero-order chi connectivity index (χ0) is 31.0. The van der Waals surface area contributed by atoms with Crippen LogP contribution in [0.2, 0.25) is 0 Å². The first-order valence-electron chi connectivity index (χ1n) is 16.0. The Kier molecular flexibility index (Phi) is 17.9. The van der Waals surface area contributed by atoms with Crippen LogP contribution in [-0.2, 0) is 23.7 Å². The molecule has 0 radical (unpaired) electrons. The van der Waals surface area contributed by atoms with E-state index in [1.54, 1.807) is 0 Å². The molecule has 2 heterocycles. The summed E-state index contributed by atoms with van der Waals surface area (Å²) in [6.45, 7) is -0.146. The molecule has 2 rings (SSSR count). The largest absolute Gasteiger partial charge is 0.454 e. The van der Waals surface area contributed by atoms with Crippen molar-refractivity contribution < 1.29 is 59.5 Å². The van der Waals surface area contributed by atoms with E-state index < -0.39 is 80.6 Å². The summed E-state index contributed by atoms with van der Waals surface area (Å²) in [5.74, 6) is -2.95. The number of unbranched alkanes of at least 4 members (excludes halogenated alkanes) is 14. The van der Waals surface area contributed by atoms with Crippen LogP contribution in [0.15, 0.2) is 0 Å². The molecule has 12 heteroatoms. The van der Waals surface area contributed by atoms with Gasteiger partial charge in [0.1, 0.15) is 43.2 Å². The lowest BCUT2D eigenvalue weighted by atomic mass is 9.98. The fraction of sp³-hybridized carbons (Fsp3) is 0.967. The van der Waals surface area contributed by atoms with Gasteiger partial charge in [-0.15, -0.1) is 0 Å². The average Bonchev–Trinajstić information content (AvgIpc) is 3.23. The molecule has 0 amide bonds. The highest BCUT2D eigenvalue weighted by atomic mass is 16.8. The first-order valence-corrected chi connectivity index (χ1v) is 16.0. The van der Waals surface area contributed by atoms with Crippen LogP contribution in [-0.4, -0.2) is 116 Å². The van der Waals surface area contributed by atoms with Crippen molar-refractivity contribution >= 4 is 5.97 Å². The highest BCUT2D eigenvalue weighted by molar-refractivity contribution is 5.69. The number of carbonyl (C=O) groups excluding carboxylic acids is 1. The number of aliphatic hydroxyl groups excluding tert-OH is 7. The Morgan fingerprint density at radius 3 is 1.64 bits per heavy atom. The highest BCUT2D eigenvalue weighted by Gasteiger charge is 2.59. The van der Waals surface area contributed by atoms with Crippen molar-refractivity contribution in [3.8, 4) is 0 Å². The van der Waals surface area contributed by atoms with Gasteiger partial charge >= 0.3 is 5.97 Å². The molecule has 12 nitrogen and oxygen atoms in total. The lowest BCUT2D eigenvalue weighted by molar-refractivity contribution is -0.384. The fourth-order valence-electron chi connectivity index (χ4n) is 5.59. The van der Waals surface area contributed by atoms with Crippen LogP contribution in [0.5, 0.6) is 0 Å². The zero-order valence-electron chi connectivity index (χ0n) is 25.2. The van der Waals surface area contributed by atoms with Crippen LogP contribution < -0.4 is 0 Å². The predicted molar refractivity (Wildman–Crippen MR) is 152 cm³/mol. The topological polar surface area (TPSA) is 196 Å². The van der Waals surface area contributed by atoms with Crippen molar-refractivity contribution in [3.63, 3.8) is 0 Å². The summed E-state index contributed by atoms with van der Waals surface area (Å²) in [4.78, 5) is 12.6. The Morgan fingerprint density at radius 2 is 1.19 bits per heavy atom. The molecule has 0 aromatic rings. The number of hydrogen-bond acceptors (Lipinski definition) is 12. The Labute approximate surface area is 249 Å². The standard InChI is InChI=1S/C30H56O12/c1-2-3-4-5-6-7-8-9-10-11-12-13-14-15-16-17-23(34)40-27-26(37)24(35)21(18-31)39-29(27)42-30(20-33)28(38)25(36)22(19-32)41-30/h21-22,24-29,31-33,35-38H,2-20H2,1H3/t21-,22-,24-,25-,26+,27-,28+,29-,30+/m1/s1. The lowest BCUT2D eigenvalue weighted by Crippen LogP contribution is -2.63. The highest BCUT2D eigenvalue weighted by Crippen LogP contribution is 2.36. The SMILES string of the molecule is CCCCCCCCCCCCCCCCCC(=O)O[C@H]1[C@@H](O[C@]2(CO)O[C@H](CO)[C@@H](O)[C@@H]2O)O[C@H](CO)[C@@H](O)[C@@H]1O. The molecule has 2 saturated heterocycles. The summed E-state index contributed by atoms with van der Waals surface area (Å²) >= 11 is 0. The first kappa shape index (κ1) is 37.3. The smallest absolute Gasteiger partial charge is 0.306 e. The zero-order valence-corrected chi connectivity index (χ0v) is 25.2. The van der Waals surface area contributed by atoms with Gasteiger partial charge in [-0.1, -0.05) is 96.8 Å². The second-order valence-electron chi connectivity index (χ2n) is 11.7. The van der Waals surface area contributed by atoms with Crippen LogP contribution in [0.4, 0.5) is 0 Å². The summed E-state index contributed by atoms with van der Waals surface area (Å²) in [6.07, 6.45) is 5.19. The van der Waals surface area contributed by atoms with Crippen molar-refractivity contribution in [1.82, 2.24) is 0 Å². The average molecular weight is 609 g/mol. The van der Waals surface area contributed by atoms with Crippen LogP contribution in [0.1, 0.15) is 110 Å². The van der Waals surface area contributed by atoms with E-state index in [0.717, 1.165) is 19.3 Å². The molecule has 42 heavy (non-hydrogen) atoms. The van der Waals surface area contributed by atoms with Gasteiger partial charge in [-0.05, 0) is 6.42 Å². The minimum Gasteiger partial charge on any atom is -0.454 e. The Morgan fingerprint density at radius 1 is 0.690 bits per heavy atom. The van der Waals surface area contributed by atoms with Crippen molar-refractivity contribution in [2.75, 3.05) is 19.8 Å². The monoisotopic (exact) mass is 608 g/mol. The third kappa shape index (κ3) is 11.2. The minimum absolute atomic E-state index is 0.0588. The summed E-state index contributed by atoms with van der Waals surface area (Å²) in [7, 11) is 0. The summed E-state index contributed by atoms with van der Waals surface area (Å²) in [5, 5.41) is 70.5. The van der Waals surface area contributed by atoms with Gasteiger partial charge < -0.3 is 54.7 Å². The maximum Gasteiger partial charge on any atom is 0.306 e. The van der Waals surface area contributed by atoms with Crippen molar-refractivity contribution in [2.45, 2.75) is 164 Å². The van der Waals surface area contributed by atoms with E-state index in [4.69, 9.17) is 18.9 Å². The van der Waals surface area contributed by atoms with Crippen molar-refractivity contribution in [1.29, 1.82) is 0 Å². The van der Waals surface area contributed by atoms with E-state index in [2.05, 4.69) is 6.92 Å². The molecule has 248 valence electrons.